The molecule has 6 rings (SSSR count). The van der Waals surface area contributed by atoms with E-state index in [0.717, 1.165) is 46.7 Å². The number of fused-ring (bicyclic) bond motifs is 3. The van der Waals surface area contributed by atoms with Crippen LogP contribution < -0.4 is 10.1 Å². The minimum atomic E-state index is -0.278. The average molecular weight is 473 g/mol. The van der Waals surface area contributed by atoms with Crippen molar-refractivity contribution < 1.29 is 13.9 Å². The summed E-state index contributed by atoms with van der Waals surface area (Å²) in [6.07, 6.45) is 4.97. The Labute approximate surface area is 201 Å². The number of ether oxygens (including phenoxy) is 1. The van der Waals surface area contributed by atoms with E-state index in [1.54, 1.807) is 27.9 Å². The molecule has 35 heavy (non-hydrogen) atoms. The first-order valence-electron chi connectivity index (χ1n) is 11.8. The number of nitrogens with one attached hydrogen (secondary N) is 1. The van der Waals surface area contributed by atoms with Crippen LogP contribution in [0.15, 0.2) is 36.8 Å². The van der Waals surface area contributed by atoms with Crippen molar-refractivity contribution in [3.8, 4) is 16.9 Å². The fourth-order valence-corrected chi connectivity index (χ4v) is 4.98. The molecule has 1 aromatic carbocycles. The van der Waals surface area contributed by atoms with Gasteiger partial charge in [-0.1, -0.05) is 6.07 Å². The molecular weight excluding hydrogens is 447 g/mol. The molecule has 0 spiro atoms. The molecule has 5 heterocycles. The molecule has 9 heteroatoms. The number of aryl methyl sites for hydroxylation is 1. The van der Waals surface area contributed by atoms with Crippen LogP contribution in [0.1, 0.15) is 46.3 Å². The molecule has 2 aliphatic rings. The predicted molar refractivity (Wildman–Crippen MR) is 129 cm³/mol. The van der Waals surface area contributed by atoms with Gasteiger partial charge >= 0.3 is 0 Å². The van der Waals surface area contributed by atoms with Gasteiger partial charge in [0.15, 0.2) is 5.69 Å². The Morgan fingerprint density at radius 2 is 2.06 bits per heavy atom. The molecule has 0 unspecified atom stereocenters. The summed E-state index contributed by atoms with van der Waals surface area (Å²) in [6.45, 7) is 5.71. The molecule has 0 atom stereocenters. The highest BCUT2D eigenvalue weighted by Gasteiger charge is 2.28. The summed E-state index contributed by atoms with van der Waals surface area (Å²) < 4.78 is 22.2. The lowest BCUT2D eigenvalue weighted by atomic mass is 9.99. The van der Waals surface area contributed by atoms with Crippen molar-refractivity contribution in [2.45, 2.75) is 39.8 Å². The first-order valence-corrected chi connectivity index (χ1v) is 11.8. The van der Waals surface area contributed by atoms with Crippen LogP contribution in [0.2, 0.25) is 0 Å². The van der Waals surface area contributed by atoms with E-state index in [2.05, 4.69) is 15.3 Å². The highest BCUT2D eigenvalue weighted by Crippen LogP contribution is 2.34. The van der Waals surface area contributed by atoms with Gasteiger partial charge < -0.3 is 15.0 Å². The lowest BCUT2D eigenvalue weighted by molar-refractivity contribution is 0.0747. The van der Waals surface area contributed by atoms with Crippen molar-refractivity contribution in [3.63, 3.8) is 0 Å². The number of anilines is 1. The fraction of sp³-hybridized carbons (Fsp3) is 0.308. The van der Waals surface area contributed by atoms with Crippen LogP contribution in [-0.4, -0.2) is 43.3 Å². The fourth-order valence-electron chi connectivity index (χ4n) is 4.98. The maximum absolute atomic E-state index is 14.8. The molecule has 0 fully saturated rings. The van der Waals surface area contributed by atoms with Crippen LogP contribution in [-0.2, 0) is 19.5 Å². The number of halogens is 1. The molecule has 1 N–H and O–H groups in total. The standard InChI is InChI=1S/C26H25FN6O2/c1-3-32-13-21-16(7-6-15(2)31-21)19-12-29-26(33-14-30-23(24(19)33)25(32)34)28-11-18-17-5-4-10-35-22(17)9-8-20(18)27/h6-9,12,14H,3-5,10-11,13H2,1-2H3,(H,28,29). The number of hydrogen-bond acceptors (Lipinski definition) is 6. The Balaban J connectivity index is 1.46. The Kier molecular flexibility index (Phi) is 5.12. The number of pyridine rings is 1. The van der Waals surface area contributed by atoms with E-state index in [0.29, 0.717) is 42.4 Å². The van der Waals surface area contributed by atoms with E-state index in [1.807, 2.05) is 26.0 Å². The molecule has 4 aromatic rings. The number of carbonyl (C=O) groups excluding carboxylic acids is 1. The summed E-state index contributed by atoms with van der Waals surface area (Å²) in [5.74, 6) is 0.788. The molecule has 1 amide bonds. The van der Waals surface area contributed by atoms with Crippen LogP contribution in [0, 0.1) is 12.7 Å². The molecule has 0 radical (unpaired) electrons. The topological polar surface area (TPSA) is 84.7 Å². The summed E-state index contributed by atoms with van der Waals surface area (Å²) in [4.78, 5) is 29.0. The second-order valence-corrected chi connectivity index (χ2v) is 8.88. The van der Waals surface area contributed by atoms with Crippen molar-refractivity contribution in [1.82, 2.24) is 24.3 Å². The maximum atomic E-state index is 14.8. The van der Waals surface area contributed by atoms with E-state index >= 15 is 0 Å². The third-order valence-corrected chi connectivity index (χ3v) is 6.77. The molecule has 178 valence electrons. The molecule has 0 saturated carbocycles. The lowest BCUT2D eigenvalue weighted by Crippen LogP contribution is -2.32. The third-order valence-electron chi connectivity index (χ3n) is 6.77. The number of imidazole rings is 1. The van der Waals surface area contributed by atoms with Crippen molar-refractivity contribution in [2.75, 3.05) is 18.5 Å². The molecule has 8 nitrogen and oxygen atoms in total. The predicted octanol–water partition coefficient (Wildman–Crippen LogP) is 4.15. The van der Waals surface area contributed by atoms with Crippen molar-refractivity contribution in [1.29, 1.82) is 0 Å². The Morgan fingerprint density at radius 1 is 1.17 bits per heavy atom. The molecule has 0 aliphatic carbocycles. The monoisotopic (exact) mass is 472 g/mol. The Bertz CT molecular complexity index is 1480. The van der Waals surface area contributed by atoms with Gasteiger partial charge in [-0.05, 0) is 44.9 Å². The highest BCUT2D eigenvalue weighted by atomic mass is 19.1. The zero-order valence-electron chi connectivity index (χ0n) is 19.6. The lowest BCUT2D eigenvalue weighted by Gasteiger charge is -2.24. The van der Waals surface area contributed by atoms with Crippen LogP contribution in [0.5, 0.6) is 5.75 Å². The average Bonchev–Trinajstić information content (AvgIpc) is 3.31. The summed E-state index contributed by atoms with van der Waals surface area (Å²) in [5, 5.41) is 3.27. The van der Waals surface area contributed by atoms with Gasteiger partial charge in [-0.2, -0.15) is 0 Å². The van der Waals surface area contributed by atoms with E-state index in [4.69, 9.17) is 9.72 Å². The maximum Gasteiger partial charge on any atom is 0.275 e. The van der Waals surface area contributed by atoms with Gasteiger partial charge in [-0.15, -0.1) is 0 Å². The molecular formula is C26H25FN6O2. The van der Waals surface area contributed by atoms with Gasteiger partial charge in [0, 0.05) is 47.2 Å². The van der Waals surface area contributed by atoms with E-state index in [9.17, 15) is 9.18 Å². The van der Waals surface area contributed by atoms with Gasteiger partial charge in [0.1, 0.15) is 17.9 Å². The number of aromatic nitrogens is 4. The number of amides is 1. The SMILES string of the molecule is CCN1Cc2nc(C)ccc2-c2cnc(NCc3c(F)ccc4c3CCCO4)n3cnc(c23)C1=O. The van der Waals surface area contributed by atoms with Crippen molar-refractivity contribution in [2.24, 2.45) is 0 Å². The molecule has 3 aromatic heterocycles. The second kappa shape index (κ2) is 8.33. The molecule has 0 saturated heterocycles. The molecule has 2 aliphatic heterocycles. The van der Waals surface area contributed by atoms with Gasteiger partial charge in [-0.25, -0.2) is 14.4 Å². The van der Waals surface area contributed by atoms with Crippen LogP contribution >= 0.6 is 0 Å². The summed E-state index contributed by atoms with van der Waals surface area (Å²) in [6, 6.07) is 7.12. The quantitative estimate of drug-likeness (QED) is 0.480. The number of hydrogen-bond donors (Lipinski definition) is 1. The van der Waals surface area contributed by atoms with Crippen LogP contribution in [0.25, 0.3) is 16.6 Å². The number of carbonyl (C=O) groups is 1. The summed E-state index contributed by atoms with van der Waals surface area (Å²) >= 11 is 0. The van der Waals surface area contributed by atoms with Crippen LogP contribution in [0.3, 0.4) is 0 Å². The summed E-state index contributed by atoms with van der Waals surface area (Å²) in [5.41, 5.74) is 5.93. The zero-order valence-corrected chi connectivity index (χ0v) is 19.6. The van der Waals surface area contributed by atoms with Gasteiger partial charge in [0.25, 0.3) is 5.91 Å². The minimum absolute atomic E-state index is 0.150. The van der Waals surface area contributed by atoms with E-state index < -0.39 is 0 Å². The highest BCUT2D eigenvalue weighted by molar-refractivity contribution is 6.04. The van der Waals surface area contributed by atoms with Gasteiger partial charge in [-0.3, -0.25) is 14.2 Å². The van der Waals surface area contributed by atoms with Gasteiger partial charge in [0.05, 0.1) is 24.4 Å². The van der Waals surface area contributed by atoms with Gasteiger partial charge in [0.2, 0.25) is 5.95 Å². The zero-order chi connectivity index (χ0) is 24.1. The Hall–Kier alpha value is -4.01. The molecule has 0 bridgehead atoms. The van der Waals surface area contributed by atoms with Crippen molar-refractivity contribution >= 4 is 17.4 Å². The smallest absolute Gasteiger partial charge is 0.275 e. The third kappa shape index (κ3) is 3.50. The van der Waals surface area contributed by atoms with Crippen molar-refractivity contribution in [3.05, 3.63) is 70.8 Å². The normalized spacial score (nSPS) is 14.7. The van der Waals surface area contributed by atoms with E-state index in [-0.39, 0.29) is 18.3 Å². The van der Waals surface area contributed by atoms with Crippen LogP contribution in [0.4, 0.5) is 10.3 Å². The number of rotatable bonds is 4. The first kappa shape index (κ1) is 21.5. The Morgan fingerprint density at radius 3 is 2.91 bits per heavy atom. The largest absolute Gasteiger partial charge is 0.493 e. The summed E-state index contributed by atoms with van der Waals surface area (Å²) in [7, 11) is 0. The minimum Gasteiger partial charge on any atom is -0.493 e. The number of nitrogens with zero attached hydrogens (tertiary/aromatic N) is 5. The number of benzene rings is 1. The second-order valence-electron chi connectivity index (χ2n) is 8.88. The first-order chi connectivity index (χ1) is 17.0. The van der Waals surface area contributed by atoms with E-state index in [1.165, 1.54) is 6.07 Å².